The van der Waals surface area contributed by atoms with E-state index in [0.717, 1.165) is 11.3 Å². The van der Waals surface area contributed by atoms with Crippen LogP contribution in [0.5, 0.6) is 0 Å². The molecule has 0 saturated heterocycles. The molecule has 0 fully saturated rings. The van der Waals surface area contributed by atoms with E-state index in [0.29, 0.717) is 6.42 Å². The molecular formula is C12H13N5. The second kappa shape index (κ2) is 4.34. The van der Waals surface area contributed by atoms with E-state index in [2.05, 4.69) is 21.1 Å². The average Bonchev–Trinajstić information content (AvgIpc) is 2.80. The predicted molar refractivity (Wildman–Crippen MR) is 62.8 cm³/mol. The Morgan fingerprint density at radius 3 is 2.94 bits per heavy atom. The summed E-state index contributed by atoms with van der Waals surface area (Å²) in [6, 6.07) is 4.00. The molecule has 5 heteroatoms. The minimum absolute atomic E-state index is 0.306. The molecule has 0 spiro atoms. The number of aromatic nitrogens is 4. The Kier molecular flexibility index (Phi) is 2.88. The molecule has 0 amide bonds. The fourth-order valence-corrected chi connectivity index (χ4v) is 1.52. The highest BCUT2D eigenvalue weighted by molar-refractivity contribution is 5.55. The van der Waals surface area contributed by atoms with E-state index in [-0.39, 0.29) is 5.54 Å². The Hall–Kier alpha value is -2.22. The molecule has 86 valence electrons. The highest BCUT2D eigenvalue weighted by atomic mass is 15.3. The zero-order valence-electron chi connectivity index (χ0n) is 9.83. The fraction of sp³-hybridized carbons (Fsp3) is 0.333. The van der Waals surface area contributed by atoms with Gasteiger partial charge in [-0.15, -0.1) is 0 Å². The molecular weight excluding hydrogens is 214 g/mol. The van der Waals surface area contributed by atoms with Gasteiger partial charge in [-0.25, -0.2) is 9.97 Å². The first-order chi connectivity index (χ1) is 8.13. The minimum Gasteiger partial charge on any atom is -0.265 e. The van der Waals surface area contributed by atoms with Crippen molar-refractivity contribution in [2.75, 3.05) is 0 Å². The Morgan fingerprint density at radius 2 is 2.29 bits per heavy atom. The third kappa shape index (κ3) is 2.31. The lowest BCUT2D eigenvalue weighted by Gasteiger charge is -2.21. The molecule has 0 aliphatic rings. The molecule has 0 bridgehead atoms. The number of hydrogen-bond donors (Lipinski definition) is 0. The van der Waals surface area contributed by atoms with Gasteiger partial charge < -0.3 is 0 Å². The van der Waals surface area contributed by atoms with Crippen LogP contribution in [0.3, 0.4) is 0 Å². The van der Waals surface area contributed by atoms with Crippen molar-refractivity contribution in [2.24, 2.45) is 0 Å². The van der Waals surface area contributed by atoms with Crippen LogP contribution >= 0.6 is 0 Å². The van der Waals surface area contributed by atoms with E-state index in [1.807, 2.05) is 26.1 Å². The largest absolute Gasteiger partial charge is 0.265 e. The summed E-state index contributed by atoms with van der Waals surface area (Å²) in [6.45, 7) is 3.96. The first-order valence-corrected chi connectivity index (χ1v) is 5.32. The summed E-state index contributed by atoms with van der Waals surface area (Å²) in [5.74, 6) is 0. The molecule has 2 rings (SSSR count). The average molecular weight is 227 g/mol. The topological polar surface area (TPSA) is 67.4 Å². The van der Waals surface area contributed by atoms with Gasteiger partial charge in [0.1, 0.15) is 6.33 Å². The number of hydrogen-bond acceptors (Lipinski definition) is 4. The van der Waals surface area contributed by atoms with Gasteiger partial charge in [0, 0.05) is 18.0 Å². The van der Waals surface area contributed by atoms with Crippen molar-refractivity contribution < 1.29 is 0 Å². The van der Waals surface area contributed by atoms with Gasteiger partial charge in [0.25, 0.3) is 0 Å². The van der Waals surface area contributed by atoms with E-state index < -0.39 is 0 Å². The summed E-state index contributed by atoms with van der Waals surface area (Å²) in [6.07, 6.45) is 7.27. The molecule has 0 aromatic carbocycles. The lowest BCUT2D eigenvalue weighted by Crippen LogP contribution is -2.25. The Morgan fingerprint density at radius 1 is 1.47 bits per heavy atom. The summed E-state index contributed by atoms with van der Waals surface area (Å²) in [5.41, 5.74) is 1.46. The summed E-state index contributed by atoms with van der Waals surface area (Å²) in [7, 11) is 0. The van der Waals surface area contributed by atoms with E-state index >= 15 is 0 Å². The monoisotopic (exact) mass is 227 g/mol. The first-order valence-electron chi connectivity index (χ1n) is 5.32. The molecule has 0 N–H and O–H groups in total. The van der Waals surface area contributed by atoms with Crippen molar-refractivity contribution >= 4 is 0 Å². The van der Waals surface area contributed by atoms with Crippen molar-refractivity contribution in [1.82, 2.24) is 19.7 Å². The third-order valence-corrected chi connectivity index (χ3v) is 2.59. The highest BCUT2D eigenvalue weighted by Gasteiger charge is 2.21. The maximum Gasteiger partial charge on any atom is 0.116 e. The van der Waals surface area contributed by atoms with Gasteiger partial charge in [-0.3, -0.25) is 4.68 Å². The van der Waals surface area contributed by atoms with Crippen LogP contribution in [0.4, 0.5) is 0 Å². The van der Waals surface area contributed by atoms with Gasteiger partial charge >= 0.3 is 0 Å². The van der Waals surface area contributed by atoms with Crippen LogP contribution in [0.1, 0.15) is 20.3 Å². The van der Waals surface area contributed by atoms with Crippen LogP contribution in [0.2, 0.25) is 0 Å². The van der Waals surface area contributed by atoms with Gasteiger partial charge in [-0.05, 0) is 19.9 Å². The van der Waals surface area contributed by atoms with Crippen LogP contribution in [-0.4, -0.2) is 19.7 Å². The van der Waals surface area contributed by atoms with Crippen LogP contribution in [0.25, 0.3) is 11.3 Å². The zero-order chi connectivity index (χ0) is 12.3. The second-order valence-electron chi connectivity index (χ2n) is 4.42. The van der Waals surface area contributed by atoms with Crippen molar-refractivity contribution in [3.8, 4) is 17.3 Å². The molecule has 0 unspecified atom stereocenters. The van der Waals surface area contributed by atoms with Crippen molar-refractivity contribution in [3.63, 3.8) is 0 Å². The molecule has 0 aliphatic carbocycles. The van der Waals surface area contributed by atoms with Crippen LogP contribution in [0.15, 0.2) is 31.0 Å². The first kappa shape index (κ1) is 11.3. The molecule has 17 heavy (non-hydrogen) atoms. The van der Waals surface area contributed by atoms with Gasteiger partial charge in [-0.2, -0.15) is 10.4 Å². The van der Waals surface area contributed by atoms with Crippen LogP contribution < -0.4 is 0 Å². The number of rotatable bonds is 3. The standard InChI is InChI=1S/C12H13N5/c1-12(2,4-5-13)17-8-10(7-16-17)11-3-6-14-9-15-11/h3,6-9H,4H2,1-2H3. The van der Waals surface area contributed by atoms with Crippen LogP contribution in [-0.2, 0) is 5.54 Å². The lowest BCUT2D eigenvalue weighted by atomic mass is 10.0. The highest BCUT2D eigenvalue weighted by Crippen LogP contribution is 2.22. The fourth-order valence-electron chi connectivity index (χ4n) is 1.52. The minimum atomic E-state index is -0.306. The Balaban J connectivity index is 2.32. The molecule has 2 aromatic rings. The normalized spacial score (nSPS) is 11.1. The van der Waals surface area contributed by atoms with Crippen molar-refractivity contribution in [1.29, 1.82) is 5.26 Å². The quantitative estimate of drug-likeness (QED) is 0.804. The predicted octanol–water partition coefficient (Wildman–Crippen LogP) is 1.99. The number of nitrogens with zero attached hydrogens (tertiary/aromatic N) is 5. The van der Waals surface area contributed by atoms with E-state index in [9.17, 15) is 0 Å². The van der Waals surface area contributed by atoms with Gasteiger partial charge in [0.05, 0.1) is 29.9 Å². The summed E-state index contributed by atoms with van der Waals surface area (Å²) >= 11 is 0. The molecule has 0 radical (unpaired) electrons. The lowest BCUT2D eigenvalue weighted by molar-refractivity contribution is 0.326. The molecule has 0 aliphatic heterocycles. The molecule has 5 nitrogen and oxygen atoms in total. The van der Waals surface area contributed by atoms with Gasteiger partial charge in [0.15, 0.2) is 0 Å². The van der Waals surface area contributed by atoms with E-state index in [4.69, 9.17) is 5.26 Å². The van der Waals surface area contributed by atoms with Crippen molar-refractivity contribution in [2.45, 2.75) is 25.8 Å². The summed E-state index contributed by atoms with van der Waals surface area (Å²) in [4.78, 5) is 8.04. The maximum atomic E-state index is 8.78. The molecule has 0 atom stereocenters. The maximum absolute atomic E-state index is 8.78. The number of nitriles is 1. The van der Waals surface area contributed by atoms with Gasteiger partial charge in [0.2, 0.25) is 0 Å². The molecule has 0 saturated carbocycles. The summed E-state index contributed by atoms with van der Waals surface area (Å²) in [5, 5.41) is 13.1. The molecule has 2 aromatic heterocycles. The van der Waals surface area contributed by atoms with E-state index in [1.54, 1.807) is 17.1 Å². The second-order valence-corrected chi connectivity index (χ2v) is 4.42. The SMILES string of the molecule is CC(C)(CC#N)n1cc(-c2ccncn2)cn1. The Bertz CT molecular complexity index is 536. The zero-order valence-corrected chi connectivity index (χ0v) is 9.83. The van der Waals surface area contributed by atoms with Gasteiger partial charge in [-0.1, -0.05) is 0 Å². The van der Waals surface area contributed by atoms with Crippen LogP contribution in [0, 0.1) is 11.3 Å². The van der Waals surface area contributed by atoms with E-state index in [1.165, 1.54) is 6.33 Å². The Labute approximate surface area is 99.8 Å². The molecule has 2 heterocycles. The third-order valence-electron chi connectivity index (χ3n) is 2.59. The van der Waals surface area contributed by atoms with Crippen molar-refractivity contribution in [3.05, 3.63) is 31.0 Å². The smallest absolute Gasteiger partial charge is 0.116 e. The summed E-state index contributed by atoms with van der Waals surface area (Å²) < 4.78 is 1.80.